The molecule has 0 fully saturated rings. The van der Waals surface area contributed by atoms with Crippen LogP contribution in [0.5, 0.6) is 5.75 Å². The molecule has 0 spiro atoms. The molecule has 0 heterocycles. The van der Waals surface area contributed by atoms with Gasteiger partial charge in [0.15, 0.2) is 0 Å². The molecular weight excluding hydrogens is 323 g/mol. The lowest BCUT2D eigenvalue weighted by Crippen LogP contribution is -2.32. The van der Waals surface area contributed by atoms with E-state index in [0.717, 1.165) is 10.2 Å². The normalized spacial score (nSPS) is 13.3. The van der Waals surface area contributed by atoms with Crippen molar-refractivity contribution < 1.29 is 17.9 Å². The predicted octanol–water partition coefficient (Wildman–Crippen LogP) is 4.01. The quantitative estimate of drug-likeness (QED) is 0.810. The molecular formula is C13H17BrF3NO. The first-order chi connectivity index (χ1) is 8.87. The average Bonchev–Trinajstić information content (AvgIpc) is 2.27. The van der Waals surface area contributed by atoms with E-state index in [0.29, 0.717) is 19.6 Å². The van der Waals surface area contributed by atoms with Crippen LogP contribution in [0.2, 0.25) is 0 Å². The van der Waals surface area contributed by atoms with E-state index >= 15 is 0 Å². The summed E-state index contributed by atoms with van der Waals surface area (Å²) in [5, 5.41) is 2.39. The van der Waals surface area contributed by atoms with E-state index in [-0.39, 0.29) is 5.92 Å². The van der Waals surface area contributed by atoms with Gasteiger partial charge in [0.2, 0.25) is 0 Å². The Morgan fingerprint density at radius 3 is 2.74 bits per heavy atom. The fraction of sp³-hybridized carbons (Fsp3) is 0.538. The van der Waals surface area contributed by atoms with Gasteiger partial charge in [-0.25, -0.2) is 0 Å². The zero-order valence-corrected chi connectivity index (χ0v) is 12.2. The third-order valence-electron chi connectivity index (χ3n) is 2.49. The number of benzene rings is 1. The number of ether oxygens (including phenoxy) is 1. The fourth-order valence-corrected chi connectivity index (χ4v) is 1.88. The molecule has 19 heavy (non-hydrogen) atoms. The summed E-state index contributed by atoms with van der Waals surface area (Å²) in [5.74, 6) is 0.888. The van der Waals surface area contributed by atoms with E-state index < -0.39 is 12.7 Å². The zero-order valence-electron chi connectivity index (χ0n) is 10.6. The highest BCUT2D eigenvalue weighted by Gasteiger charge is 2.26. The van der Waals surface area contributed by atoms with Crippen molar-refractivity contribution in [1.29, 1.82) is 0 Å². The van der Waals surface area contributed by atoms with Crippen LogP contribution in [-0.4, -0.2) is 25.9 Å². The van der Waals surface area contributed by atoms with Gasteiger partial charge in [0.1, 0.15) is 5.75 Å². The third-order valence-corrected chi connectivity index (χ3v) is 2.99. The van der Waals surface area contributed by atoms with Gasteiger partial charge in [0.25, 0.3) is 0 Å². The van der Waals surface area contributed by atoms with Crippen molar-refractivity contribution in [2.45, 2.75) is 19.5 Å². The Labute approximate surface area is 119 Å². The second kappa shape index (κ2) is 7.75. The van der Waals surface area contributed by atoms with E-state index in [1.807, 2.05) is 31.2 Å². The molecule has 2 nitrogen and oxygen atoms in total. The second-order valence-electron chi connectivity index (χ2n) is 4.45. The van der Waals surface area contributed by atoms with Crippen LogP contribution < -0.4 is 10.1 Å². The minimum atomic E-state index is -4.15. The van der Waals surface area contributed by atoms with Gasteiger partial charge in [-0.1, -0.05) is 28.9 Å². The second-order valence-corrected chi connectivity index (χ2v) is 5.36. The topological polar surface area (TPSA) is 21.3 Å². The molecule has 1 atom stereocenters. The number of hydrogen-bond donors (Lipinski definition) is 1. The standard InChI is InChI=1S/C13H17BrF3NO/c1-10(8-18-9-13(15,16)17)5-6-19-12-4-2-3-11(14)7-12/h2-4,7,10,18H,5-6,8-9H2,1H3. The molecule has 0 saturated heterocycles. The average molecular weight is 340 g/mol. The Bertz CT molecular complexity index is 384. The fourth-order valence-electron chi connectivity index (χ4n) is 1.50. The maximum absolute atomic E-state index is 11.9. The van der Waals surface area contributed by atoms with Gasteiger partial charge in [-0.3, -0.25) is 0 Å². The Morgan fingerprint density at radius 1 is 1.37 bits per heavy atom. The summed E-state index contributed by atoms with van der Waals surface area (Å²) in [6.07, 6.45) is -3.44. The molecule has 0 bridgehead atoms. The van der Waals surface area contributed by atoms with Crippen molar-refractivity contribution in [3.05, 3.63) is 28.7 Å². The highest BCUT2D eigenvalue weighted by Crippen LogP contribution is 2.18. The van der Waals surface area contributed by atoms with Crippen LogP contribution in [-0.2, 0) is 0 Å². The molecule has 1 N–H and O–H groups in total. The van der Waals surface area contributed by atoms with Crippen molar-refractivity contribution in [3.63, 3.8) is 0 Å². The summed E-state index contributed by atoms with van der Waals surface area (Å²) in [4.78, 5) is 0. The lowest BCUT2D eigenvalue weighted by Gasteiger charge is -2.14. The molecule has 0 radical (unpaired) electrons. The highest BCUT2D eigenvalue weighted by molar-refractivity contribution is 9.10. The molecule has 1 rings (SSSR count). The predicted molar refractivity (Wildman–Crippen MR) is 72.3 cm³/mol. The van der Waals surface area contributed by atoms with Crippen molar-refractivity contribution in [2.75, 3.05) is 19.7 Å². The summed E-state index contributed by atoms with van der Waals surface area (Å²) in [6.45, 7) is 1.78. The molecule has 0 aliphatic carbocycles. The molecule has 108 valence electrons. The SMILES string of the molecule is CC(CCOc1cccc(Br)c1)CNCC(F)(F)F. The Balaban J connectivity index is 2.15. The first kappa shape index (κ1) is 16.3. The van der Waals surface area contributed by atoms with E-state index in [9.17, 15) is 13.2 Å². The summed E-state index contributed by atoms with van der Waals surface area (Å²) in [6, 6.07) is 7.47. The van der Waals surface area contributed by atoms with E-state index in [1.54, 1.807) is 0 Å². The van der Waals surface area contributed by atoms with E-state index in [2.05, 4.69) is 21.2 Å². The summed E-state index contributed by atoms with van der Waals surface area (Å²) < 4.78 is 42.2. The third kappa shape index (κ3) is 8.10. The van der Waals surface area contributed by atoms with Crippen LogP contribution >= 0.6 is 15.9 Å². The Hall–Kier alpha value is -0.750. The van der Waals surface area contributed by atoms with Crippen LogP contribution in [0.1, 0.15) is 13.3 Å². The van der Waals surface area contributed by atoms with E-state index in [1.165, 1.54) is 0 Å². The lowest BCUT2D eigenvalue weighted by molar-refractivity contribution is -0.125. The van der Waals surface area contributed by atoms with Gasteiger partial charge in [-0.05, 0) is 37.1 Å². The first-order valence-electron chi connectivity index (χ1n) is 6.02. The zero-order chi connectivity index (χ0) is 14.3. The van der Waals surface area contributed by atoms with Gasteiger partial charge in [-0.2, -0.15) is 13.2 Å². The number of nitrogens with one attached hydrogen (secondary N) is 1. The van der Waals surface area contributed by atoms with Crippen molar-refractivity contribution in [1.82, 2.24) is 5.32 Å². The molecule has 0 aromatic heterocycles. The Kier molecular flexibility index (Phi) is 6.65. The first-order valence-corrected chi connectivity index (χ1v) is 6.82. The summed E-state index contributed by atoms with van der Waals surface area (Å²) >= 11 is 3.34. The minimum Gasteiger partial charge on any atom is -0.494 e. The van der Waals surface area contributed by atoms with Crippen LogP contribution in [0.25, 0.3) is 0 Å². The Morgan fingerprint density at radius 2 is 2.11 bits per heavy atom. The van der Waals surface area contributed by atoms with Crippen LogP contribution in [0.15, 0.2) is 28.7 Å². The molecule has 1 aromatic rings. The number of hydrogen-bond acceptors (Lipinski definition) is 2. The molecule has 0 saturated carbocycles. The van der Waals surface area contributed by atoms with Crippen LogP contribution in [0.4, 0.5) is 13.2 Å². The molecule has 0 aliphatic rings. The van der Waals surface area contributed by atoms with Crippen molar-refractivity contribution in [2.24, 2.45) is 5.92 Å². The van der Waals surface area contributed by atoms with Crippen molar-refractivity contribution >= 4 is 15.9 Å². The molecule has 1 aromatic carbocycles. The van der Waals surface area contributed by atoms with Gasteiger partial charge in [0.05, 0.1) is 13.2 Å². The van der Waals surface area contributed by atoms with Gasteiger partial charge < -0.3 is 10.1 Å². The van der Waals surface area contributed by atoms with Crippen LogP contribution in [0.3, 0.4) is 0 Å². The number of halogens is 4. The van der Waals surface area contributed by atoms with Gasteiger partial charge in [0, 0.05) is 4.47 Å². The van der Waals surface area contributed by atoms with E-state index in [4.69, 9.17) is 4.74 Å². The number of alkyl halides is 3. The minimum absolute atomic E-state index is 0.134. The van der Waals surface area contributed by atoms with Gasteiger partial charge >= 0.3 is 6.18 Å². The maximum atomic E-state index is 11.9. The highest BCUT2D eigenvalue weighted by atomic mass is 79.9. The van der Waals surface area contributed by atoms with Gasteiger partial charge in [-0.15, -0.1) is 0 Å². The number of rotatable bonds is 7. The monoisotopic (exact) mass is 339 g/mol. The lowest BCUT2D eigenvalue weighted by atomic mass is 10.1. The van der Waals surface area contributed by atoms with Crippen molar-refractivity contribution in [3.8, 4) is 5.75 Å². The molecule has 6 heteroatoms. The summed E-state index contributed by atoms with van der Waals surface area (Å²) in [5.41, 5.74) is 0. The molecule has 1 unspecified atom stereocenters. The molecule has 0 amide bonds. The molecule has 0 aliphatic heterocycles. The largest absolute Gasteiger partial charge is 0.494 e. The smallest absolute Gasteiger partial charge is 0.401 e. The van der Waals surface area contributed by atoms with Crippen LogP contribution in [0, 0.1) is 5.92 Å². The summed E-state index contributed by atoms with van der Waals surface area (Å²) in [7, 11) is 0. The maximum Gasteiger partial charge on any atom is 0.401 e.